The summed E-state index contributed by atoms with van der Waals surface area (Å²) in [5, 5.41) is 19.4. The topological polar surface area (TPSA) is 151 Å². The Morgan fingerprint density at radius 1 is 1.07 bits per heavy atom. The predicted molar refractivity (Wildman–Crippen MR) is 99.0 cm³/mol. The summed E-state index contributed by atoms with van der Waals surface area (Å²) in [4.78, 5) is 23.9. The Morgan fingerprint density at radius 2 is 1.63 bits per heavy atom. The van der Waals surface area contributed by atoms with Crippen molar-refractivity contribution in [1.82, 2.24) is 15.4 Å². The average molecular weight is 403 g/mol. The number of hydrogen-bond donors (Lipinski definition) is 5. The SMILES string of the molecule is NS(=O)(=O)NCCCCC(NC(=O)O)C(=O)NC12CC3CC(CC(C3)C1)C2. The van der Waals surface area contributed by atoms with E-state index >= 15 is 0 Å². The lowest BCUT2D eigenvalue weighted by Gasteiger charge is -2.57. The highest BCUT2D eigenvalue weighted by molar-refractivity contribution is 7.87. The van der Waals surface area contributed by atoms with Crippen molar-refractivity contribution in [2.24, 2.45) is 22.9 Å². The predicted octanol–water partition coefficient (Wildman–Crippen LogP) is 0.671. The number of carbonyl (C=O) groups is 2. The quantitative estimate of drug-likeness (QED) is 0.359. The fourth-order valence-electron chi connectivity index (χ4n) is 5.72. The molecule has 0 aromatic rings. The Bertz CT molecular complexity index is 646. The molecule has 4 rings (SSSR count). The second kappa shape index (κ2) is 7.92. The van der Waals surface area contributed by atoms with Gasteiger partial charge in [-0.2, -0.15) is 8.42 Å². The number of hydrogen-bond acceptors (Lipinski definition) is 4. The minimum atomic E-state index is -3.73. The number of carbonyl (C=O) groups excluding carboxylic acids is 1. The molecule has 27 heavy (non-hydrogen) atoms. The van der Waals surface area contributed by atoms with E-state index in [9.17, 15) is 18.0 Å². The fraction of sp³-hybridized carbons (Fsp3) is 0.882. The van der Waals surface area contributed by atoms with Crippen LogP contribution >= 0.6 is 0 Å². The molecule has 9 nitrogen and oxygen atoms in total. The zero-order valence-electron chi connectivity index (χ0n) is 15.4. The van der Waals surface area contributed by atoms with E-state index in [1.54, 1.807) is 0 Å². The third-order valence-electron chi connectivity index (χ3n) is 6.26. The van der Waals surface area contributed by atoms with Gasteiger partial charge in [0.25, 0.3) is 10.2 Å². The van der Waals surface area contributed by atoms with Gasteiger partial charge in [-0.1, -0.05) is 0 Å². The van der Waals surface area contributed by atoms with Crippen molar-refractivity contribution in [2.45, 2.75) is 69.4 Å². The molecule has 4 fully saturated rings. The molecular formula is C17H30N4O5S. The Labute approximate surface area is 160 Å². The van der Waals surface area contributed by atoms with Gasteiger partial charge in [-0.05, 0) is 75.5 Å². The van der Waals surface area contributed by atoms with Gasteiger partial charge in [-0.15, -0.1) is 0 Å². The molecule has 1 atom stereocenters. The summed E-state index contributed by atoms with van der Waals surface area (Å²) in [5.74, 6) is 1.80. The largest absolute Gasteiger partial charge is 0.465 e. The van der Waals surface area contributed by atoms with Crippen LogP contribution in [-0.2, 0) is 15.0 Å². The van der Waals surface area contributed by atoms with Gasteiger partial charge >= 0.3 is 6.09 Å². The minimum absolute atomic E-state index is 0.162. The van der Waals surface area contributed by atoms with Gasteiger partial charge in [0.2, 0.25) is 5.91 Å². The molecule has 0 radical (unpaired) electrons. The highest BCUT2D eigenvalue weighted by atomic mass is 32.2. The van der Waals surface area contributed by atoms with Crippen molar-refractivity contribution in [1.29, 1.82) is 0 Å². The molecule has 10 heteroatoms. The molecule has 0 aliphatic heterocycles. The monoisotopic (exact) mass is 402 g/mol. The molecule has 0 spiro atoms. The van der Waals surface area contributed by atoms with Gasteiger partial charge in [0, 0.05) is 12.1 Å². The van der Waals surface area contributed by atoms with Gasteiger partial charge < -0.3 is 15.7 Å². The summed E-state index contributed by atoms with van der Waals surface area (Å²) in [6.45, 7) is 0.162. The molecule has 4 aliphatic rings. The van der Waals surface area contributed by atoms with Crippen LogP contribution in [0.5, 0.6) is 0 Å². The first kappa shape index (κ1) is 20.3. The third kappa shape index (κ3) is 5.55. The van der Waals surface area contributed by atoms with Gasteiger partial charge in [0.05, 0.1) is 0 Å². The van der Waals surface area contributed by atoms with Crippen molar-refractivity contribution in [3.05, 3.63) is 0 Å². The van der Waals surface area contributed by atoms with E-state index in [0.717, 1.165) is 19.3 Å². The van der Waals surface area contributed by atoms with Crippen molar-refractivity contribution < 1.29 is 23.1 Å². The van der Waals surface area contributed by atoms with Crippen LogP contribution in [0.3, 0.4) is 0 Å². The van der Waals surface area contributed by atoms with Gasteiger partial charge in [-0.25, -0.2) is 14.7 Å². The number of carboxylic acid groups (broad SMARTS) is 1. The van der Waals surface area contributed by atoms with Gasteiger partial charge in [0.1, 0.15) is 6.04 Å². The van der Waals surface area contributed by atoms with Crippen LogP contribution in [0.25, 0.3) is 0 Å². The number of nitrogens with one attached hydrogen (secondary N) is 3. The van der Waals surface area contributed by atoms with Crippen LogP contribution in [0, 0.1) is 17.8 Å². The molecule has 1 unspecified atom stereocenters. The zero-order chi connectivity index (χ0) is 19.7. The van der Waals surface area contributed by atoms with E-state index in [2.05, 4.69) is 15.4 Å². The summed E-state index contributed by atoms with van der Waals surface area (Å²) in [7, 11) is -3.73. The lowest BCUT2D eigenvalue weighted by atomic mass is 9.53. The number of unbranched alkanes of at least 4 members (excludes halogenated alkanes) is 1. The molecule has 0 heterocycles. The Kier molecular flexibility index (Phi) is 5.97. The summed E-state index contributed by atoms with van der Waals surface area (Å²) in [6, 6.07) is -0.829. The van der Waals surface area contributed by atoms with Crippen molar-refractivity contribution in [2.75, 3.05) is 6.54 Å². The molecule has 0 saturated heterocycles. The molecule has 154 valence electrons. The molecular weight excluding hydrogens is 372 g/mol. The lowest BCUT2D eigenvalue weighted by Crippen LogP contribution is -2.62. The van der Waals surface area contributed by atoms with E-state index in [1.807, 2.05) is 0 Å². The van der Waals surface area contributed by atoms with Crippen LogP contribution < -0.4 is 20.5 Å². The van der Waals surface area contributed by atoms with Crippen LogP contribution in [0.15, 0.2) is 0 Å². The molecule has 6 N–H and O–H groups in total. The van der Waals surface area contributed by atoms with Crippen molar-refractivity contribution in [3.63, 3.8) is 0 Å². The molecule has 2 amide bonds. The van der Waals surface area contributed by atoms with E-state index in [4.69, 9.17) is 10.2 Å². The molecule has 4 bridgehead atoms. The first-order chi connectivity index (χ1) is 12.6. The standard InChI is InChI=1S/C17H30N4O5S/c18-27(25,26)19-4-2-1-3-14(20-16(23)24)15(22)21-17-8-11-5-12(9-17)7-13(6-11)10-17/h11-14,19-20H,1-10H2,(H,21,22)(H,23,24)(H2,18,25,26). The summed E-state index contributed by atoms with van der Waals surface area (Å²) in [5.41, 5.74) is -0.167. The molecule has 0 aromatic carbocycles. The summed E-state index contributed by atoms with van der Waals surface area (Å²) >= 11 is 0. The first-order valence-corrected chi connectivity index (χ1v) is 11.3. The fourth-order valence-corrected chi connectivity index (χ4v) is 6.15. The summed E-state index contributed by atoms with van der Waals surface area (Å²) < 4.78 is 23.9. The maximum Gasteiger partial charge on any atom is 0.405 e. The lowest BCUT2D eigenvalue weighted by molar-refractivity contribution is -0.129. The average Bonchev–Trinajstić information content (AvgIpc) is 2.50. The van der Waals surface area contributed by atoms with Crippen LogP contribution in [0.2, 0.25) is 0 Å². The highest BCUT2D eigenvalue weighted by Gasteiger charge is 2.51. The van der Waals surface area contributed by atoms with Crippen LogP contribution in [0.1, 0.15) is 57.8 Å². The van der Waals surface area contributed by atoms with Crippen molar-refractivity contribution >= 4 is 22.2 Å². The second-order valence-electron chi connectivity index (χ2n) is 8.62. The van der Waals surface area contributed by atoms with E-state index in [-0.39, 0.29) is 18.0 Å². The Balaban J connectivity index is 1.53. The molecule has 0 aromatic heterocycles. The Hall–Kier alpha value is -1.39. The smallest absolute Gasteiger partial charge is 0.405 e. The normalized spacial score (nSPS) is 32.9. The van der Waals surface area contributed by atoms with E-state index in [1.165, 1.54) is 19.3 Å². The van der Waals surface area contributed by atoms with E-state index < -0.39 is 22.3 Å². The number of amides is 2. The highest BCUT2D eigenvalue weighted by Crippen LogP contribution is 2.55. The minimum Gasteiger partial charge on any atom is -0.465 e. The Morgan fingerprint density at radius 3 is 2.11 bits per heavy atom. The summed E-state index contributed by atoms with van der Waals surface area (Å²) in [6.07, 6.45) is 6.86. The van der Waals surface area contributed by atoms with Gasteiger partial charge in [-0.3, -0.25) is 4.79 Å². The molecule has 4 saturated carbocycles. The number of rotatable bonds is 9. The number of nitrogens with two attached hydrogens (primary N) is 1. The van der Waals surface area contributed by atoms with Gasteiger partial charge in [0.15, 0.2) is 0 Å². The first-order valence-electron chi connectivity index (χ1n) is 9.73. The maximum absolute atomic E-state index is 12.8. The van der Waals surface area contributed by atoms with Crippen LogP contribution in [-0.4, -0.2) is 43.7 Å². The molecule has 4 aliphatic carbocycles. The second-order valence-corrected chi connectivity index (χ2v) is 10.0. The van der Waals surface area contributed by atoms with Crippen LogP contribution in [0.4, 0.5) is 4.79 Å². The maximum atomic E-state index is 12.8. The van der Waals surface area contributed by atoms with E-state index in [0.29, 0.717) is 37.0 Å². The third-order valence-corrected chi connectivity index (χ3v) is 6.87. The zero-order valence-corrected chi connectivity index (χ0v) is 16.3. The van der Waals surface area contributed by atoms with Crippen molar-refractivity contribution in [3.8, 4) is 0 Å².